The van der Waals surface area contributed by atoms with Gasteiger partial charge in [0.15, 0.2) is 0 Å². The summed E-state index contributed by atoms with van der Waals surface area (Å²) in [7, 11) is 1.27. The number of aromatic nitrogens is 1. The molecule has 0 saturated heterocycles. The molecule has 0 spiro atoms. The van der Waals surface area contributed by atoms with E-state index in [1.165, 1.54) is 19.2 Å². The summed E-state index contributed by atoms with van der Waals surface area (Å²) in [6.45, 7) is 3.51. The summed E-state index contributed by atoms with van der Waals surface area (Å²) < 4.78 is 49.8. The van der Waals surface area contributed by atoms with Gasteiger partial charge in [0.05, 0.1) is 31.6 Å². The van der Waals surface area contributed by atoms with E-state index in [9.17, 15) is 22.8 Å². The minimum Gasteiger partial charge on any atom is -0.494 e. The van der Waals surface area contributed by atoms with E-state index in [-0.39, 0.29) is 25.4 Å². The molecule has 1 N–H and O–H groups in total. The van der Waals surface area contributed by atoms with Crippen molar-refractivity contribution < 1.29 is 32.2 Å². The number of nitrogens with zero attached hydrogens (tertiary/aromatic N) is 2. The molecule has 4 rings (SSSR count). The molecule has 1 aliphatic heterocycles. The number of methoxy groups -OCH3 is 1. The fourth-order valence-corrected chi connectivity index (χ4v) is 4.64. The molecule has 0 fully saturated rings. The van der Waals surface area contributed by atoms with Crippen molar-refractivity contribution in [2.24, 2.45) is 5.92 Å². The van der Waals surface area contributed by atoms with Gasteiger partial charge in [0.25, 0.3) is 0 Å². The summed E-state index contributed by atoms with van der Waals surface area (Å²) in [4.78, 5) is 31.4. The third kappa shape index (κ3) is 7.74. The van der Waals surface area contributed by atoms with E-state index in [0.29, 0.717) is 30.9 Å². The molecule has 1 atom stereocenters. The number of carbonyl (C=O) groups is 2. The number of benzene rings is 2. The van der Waals surface area contributed by atoms with Crippen molar-refractivity contribution >= 4 is 17.7 Å². The molecule has 2 aromatic carbocycles. The van der Waals surface area contributed by atoms with Crippen molar-refractivity contribution in [2.45, 2.75) is 45.5 Å². The third-order valence-electron chi connectivity index (χ3n) is 6.77. The Kier molecular flexibility index (Phi) is 9.29. The second-order valence-electron chi connectivity index (χ2n) is 9.85. The lowest BCUT2D eigenvalue weighted by atomic mass is 9.94. The van der Waals surface area contributed by atoms with E-state index in [4.69, 9.17) is 9.47 Å². The highest BCUT2D eigenvalue weighted by Gasteiger charge is 2.33. The molecule has 2 heterocycles. The Bertz CT molecular complexity index is 1330. The molecule has 1 amide bonds. The Morgan fingerprint density at radius 2 is 1.88 bits per heavy atom. The molecule has 40 heavy (non-hydrogen) atoms. The number of aryl methyl sites for hydroxylation is 1. The van der Waals surface area contributed by atoms with E-state index in [2.05, 4.69) is 10.3 Å². The van der Waals surface area contributed by atoms with Crippen LogP contribution in [0.25, 0.3) is 0 Å². The van der Waals surface area contributed by atoms with Crippen molar-refractivity contribution in [2.75, 3.05) is 25.6 Å². The zero-order chi connectivity index (χ0) is 28.7. The SMILES string of the molecule is COC(=O)C[C@@H]1Cc2ccc(OCCCNc3cc(C)ccn3)cc2CN(Cc2ccc(C(F)(F)F)cc2)C1=O. The number of anilines is 1. The Hall–Kier alpha value is -4.08. The number of alkyl halides is 3. The Balaban J connectivity index is 1.45. The molecule has 0 unspecified atom stereocenters. The van der Waals surface area contributed by atoms with Crippen LogP contribution in [0.1, 0.15) is 40.7 Å². The molecule has 0 aliphatic carbocycles. The average Bonchev–Trinajstić information content (AvgIpc) is 3.04. The highest BCUT2D eigenvalue weighted by molar-refractivity contribution is 5.84. The van der Waals surface area contributed by atoms with Gasteiger partial charge < -0.3 is 19.7 Å². The predicted octanol–water partition coefficient (Wildman–Crippen LogP) is 5.55. The smallest absolute Gasteiger partial charge is 0.416 e. The molecule has 7 nitrogen and oxygen atoms in total. The normalized spacial score (nSPS) is 15.3. The van der Waals surface area contributed by atoms with Crippen LogP contribution in [-0.2, 0) is 40.0 Å². The first kappa shape index (κ1) is 28.9. The fourth-order valence-electron chi connectivity index (χ4n) is 4.64. The number of halogens is 3. The van der Waals surface area contributed by atoms with Crippen molar-refractivity contribution in [3.05, 3.63) is 88.6 Å². The zero-order valence-electron chi connectivity index (χ0n) is 22.5. The van der Waals surface area contributed by atoms with Crippen molar-refractivity contribution in [1.82, 2.24) is 9.88 Å². The van der Waals surface area contributed by atoms with Crippen molar-refractivity contribution in [3.63, 3.8) is 0 Å². The number of fused-ring (bicyclic) bond motifs is 1. The van der Waals surface area contributed by atoms with Crippen molar-refractivity contribution in [1.29, 1.82) is 0 Å². The summed E-state index contributed by atoms with van der Waals surface area (Å²) >= 11 is 0. The van der Waals surface area contributed by atoms with E-state index < -0.39 is 23.6 Å². The molecular formula is C30H32F3N3O4. The van der Waals surface area contributed by atoms with Gasteiger partial charge in [0, 0.05) is 25.8 Å². The standard InChI is InChI=1S/C30H32F3N3O4/c1-20-10-12-35-27(14-20)34-11-3-13-40-26-9-6-22-15-23(17-28(37)39-2)29(38)36(19-24(22)16-26)18-21-4-7-25(8-5-21)30(31,32)33/h4-10,12,14,16,23H,3,11,13,15,17-19H2,1-2H3,(H,34,35)/t23-/m0/s1. The van der Waals surface area contributed by atoms with E-state index in [1.807, 2.05) is 37.3 Å². The molecule has 1 aliphatic rings. The molecule has 3 aromatic rings. The minimum absolute atomic E-state index is 0.0840. The largest absolute Gasteiger partial charge is 0.494 e. The number of hydrogen-bond donors (Lipinski definition) is 1. The van der Waals surface area contributed by atoms with Gasteiger partial charge in [-0.2, -0.15) is 13.2 Å². The van der Waals surface area contributed by atoms with Gasteiger partial charge in [-0.25, -0.2) is 4.98 Å². The number of amides is 1. The summed E-state index contributed by atoms with van der Waals surface area (Å²) in [5, 5.41) is 3.27. The lowest BCUT2D eigenvalue weighted by Gasteiger charge is -2.24. The summed E-state index contributed by atoms with van der Waals surface area (Å²) in [6.07, 6.45) is -1.68. The first-order valence-corrected chi connectivity index (χ1v) is 13.0. The molecule has 10 heteroatoms. The van der Waals surface area contributed by atoms with Gasteiger partial charge in [-0.15, -0.1) is 0 Å². The van der Waals surface area contributed by atoms with Gasteiger partial charge in [-0.05, 0) is 78.4 Å². The topological polar surface area (TPSA) is 80.8 Å². The van der Waals surface area contributed by atoms with Crippen LogP contribution in [-0.4, -0.2) is 42.0 Å². The molecule has 0 radical (unpaired) electrons. The van der Waals surface area contributed by atoms with Crippen molar-refractivity contribution in [3.8, 4) is 5.75 Å². The molecule has 1 aromatic heterocycles. The van der Waals surface area contributed by atoms with E-state index in [1.54, 1.807) is 11.1 Å². The van der Waals surface area contributed by atoms with Gasteiger partial charge >= 0.3 is 12.1 Å². The van der Waals surface area contributed by atoms with Crippen LogP contribution >= 0.6 is 0 Å². The number of ether oxygens (including phenoxy) is 2. The maximum absolute atomic E-state index is 13.5. The maximum Gasteiger partial charge on any atom is 0.416 e. The third-order valence-corrected chi connectivity index (χ3v) is 6.77. The lowest BCUT2D eigenvalue weighted by molar-refractivity contribution is -0.147. The number of carbonyl (C=O) groups excluding carboxylic acids is 2. The maximum atomic E-state index is 13.5. The molecule has 0 saturated carbocycles. The summed E-state index contributed by atoms with van der Waals surface area (Å²) in [5.74, 6) is 0.0758. The number of rotatable bonds is 10. The zero-order valence-corrected chi connectivity index (χ0v) is 22.5. The van der Waals surface area contributed by atoms with Crippen LogP contribution in [0.4, 0.5) is 19.0 Å². The lowest BCUT2D eigenvalue weighted by Crippen LogP contribution is -2.35. The van der Waals surface area contributed by atoms with Crippen LogP contribution in [0.5, 0.6) is 5.75 Å². The van der Waals surface area contributed by atoms with Crippen LogP contribution in [0.3, 0.4) is 0 Å². The molecule has 212 valence electrons. The summed E-state index contributed by atoms with van der Waals surface area (Å²) in [5.41, 5.74) is 2.71. The first-order valence-electron chi connectivity index (χ1n) is 13.0. The number of pyridine rings is 1. The molecular weight excluding hydrogens is 523 g/mol. The minimum atomic E-state index is -4.44. The van der Waals surface area contributed by atoms with Gasteiger partial charge in [0.1, 0.15) is 11.6 Å². The highest BCUT2D eigenvalue weighted by atomic mass is 19.4. The Labute approximate surface area is 231 Å². The first-order chi connectivity index (χ1) is 19.1. The number of esters is 1. The van der Waals surface area contributed by atoms with E-state index >= 15 is 0 Å². The summed E-state index contributed by atoms with van der Waals surface area (Å²) in [6, 6.07) is 14.3. The van der Waals surface area contributed by atoms with E-state index in [0.717, 1.165) is 41.1 Å². The monoisotopic (exact) mass is 555 g/mol. The Morgan fingerprint density at radius 3 is 2.58 bits per heavy atom. The predicted molar refractivity (Wildman–Crippen MR) is 144 cm³/mol. The Morgan fingerprint density at radius 1 is 1.10 bits per heavy atom. The second kappa shape index (κ2) is 12.8. The average molecular weight is 556 g/mol. The van der Waals surface area contributed by atoms with Crippen LogP contribution in [0, 0.1) is 12.8 Å². The van der Waals surface area contributed by atoms with Crippen LogP contribution in [0.15, 0.2) is 60.8 Å². The van der Waals surface area contributed by atoms with Gasteiger partial charge in [-0.3, -0.25) is 9.59 Å². The van der Waals surface area contributed by atoms with Crippen LogP contribution in [0.2, 0.25) is 0 Å². The quantitative estimate of drug-likeness (QED) is 0.261. The fraction of sp³-hybridized carbons (Fsp3) is 0.367. The van der Waals surface area contributed by atoms with Gasteiger partial charge in [-0.1, -0.05) is 18.2 Å². The number of hydrogen-bond acceptors (Lipinski definition) is 6. The highest BCUT2D eigenvalue weighted by Crippen LogP contribution is 2.31. The van der Waals surface area contributed by atoms with Gasteiger partial charge in [0.2, 0.25) is 5.91 Å². The van der Waals surface area contributed by atoms with Crippen LogP contribution < -0.4 is 10.1 Å². The second-order valence-corrected chi connectivity index (χ2v) is 9.85. The molecule has 0 bridgehead atoms. The number of nitrogens with one attached hydrogen (secondary N) is 1.